The lowest BCUT2D eigenvalue weighted by Crippen LogP contribution is -2.32. The minimum absolute atomic E-state index is 0.292. The van der Waals surface area contributed by atoms with Gasteiger partial charge in [-0.15, -0.1) is 0 Å². The van der Waals surface area contributed by atoms with Gasteiger partial charge in [0.25, 0.3) is 5.91 Å². The topological polar surface area (TPSA) is 104 Å². The van der Waals surface area contributed by atoms with Gasteiger partial charge >= 0.3 is 12.1 Å². The largest absolute Gasteiger partial charge is 0.493 e. The molecule has 0 spiro atoms. The summed E-state index contributed by atoms with van der Waals surface area (Å²) >= 11 is 5.89. The number of amides is 1. The molecule has 168 valence electrons. The van der Waals surface area contributed by atoms with Crippen molar-refractivity contribution in [3.05, 3.63) is 76.2 Å². The highest BCUT2D eigenvalue weighted by molar-refractivity contribution is 6.30. The summed E-state index contributed by atoms with van der Waals surface area (Å²) in [4.78, 5) is 23.9. The van der Waals surface area contributed by atoms with Crippen molar-refractivity contribution < 1.29 is 37.4 Å². The summed E-state index contributed by atoms with van der Waals surface area (Å²) in [6, 6.07) is 6.84. The van der Waals surface area contributed by atoms with E-state index in [1.165, 1.54) is 12.1 Å². The molecule has 0 aliphatic carbocycles. The maximum absolute atomic E-state index is 13.7. The summed E-state index contributed by atoms with van der Waals surface area (Å²) in [5, 5.41) is 25.5. The van der Waals surface area contributed by atoms with Crippen LogP contribution in [0.2, 0.25) is 5.02 Å². The molecule has 12 heteroatoms. The van der Waals surface area contributed by atoms with E-state index in [-0.39, 0.29) is 0 Å². The number of alkyl halides is 3. The van der Waals surface area contributed by atoms with Crippen molar-refractivity contribution in [2.75, 3.05) is 0 Å². The van der Waals surface area contributed by atoms with Gasteiger partial charge < -0.3 is 15.5 Å². The first-order valence-corrected chi connectivity index (χ1v) is 9.28. The minimum atomic E-state index is -4.92. The molecule has 2 aromatic carbocycles. The summed E-state index contributed by atoms with van der Waals surface area (Å²) in [6.07, 6.45) is -5.88. The average Bonchev–Trinajstić information content (AvgIpc) is 3.08. The Morgan fingerprint density at radius 2 is 1.88 bits per heavy atom. The molecule has 3 aromatic rings. The number of aromatic hydroxyl groups is 1. The third-order valence-electron chi connectivity index (χ3n) is 4.35. The maximum Gasteiger partial charge on any atom is 0.416 e. The summed E-state index contributed by atoms with van der Waals surface area (Å²) in [5.41, 5.74) is -2.17. The van der Waals surface area contributed by atoms with Crippen LogP contribution in [0.4, 0.5) is 17.6 Å². The predicted molar refractivity (Wildman–Crippen MR) is 104 cm³/mol. The number of aromatic nitrogens is 2. The van der Waals surface area contributed by atoms with E-state index in [1.54, 1.807) is 12.1 Å². The van der Waals surface area contributed by atoms with E-state index in [4.69, 9.17) is 16.7 Å². The van der Waals surface area contributed by atoms with Crippen molar-refractivity contribution in [2.24, 2.45) is 0 Å². The number of hydrogen-bond acceptors (Lipinski definition) is 4. The van der Waals surface area contributed by atoms with Crippen LogP contribution in [0, 0.1) is 5.82 Å². The number of carboxylic acids is 1. The van der Waals surface area contributed by atoms with Gasteiger partial charge in [0.2, 0.25) is 5.88 Å². The monoisotopic (exact) mass is 471 g/mol. The van der Waals surface area contributed by atoms with Crippen LogP contribution in [0.25, 0.3) is 5.69 Å². The van der Waals surface area contributed by atoms with Crippen molar-refractivity contribution in [2.45, 2.75) is 18.6 Å². The Kier molecular flexibility index (Phi) is 6.40. The molecule has 0 aliphatic rings. The molecule has 1 atom stereocenters. The number of carbonyl (C=O) groups excluding carboxylic acids is 1. The summed E-state index contributed by atoms with van der Waals surface area (Å²) in [5.74, 6) is -4.13. The van der Waals surface area contributed by atoms with Gasteiger partial charge in [-0.1, -0.05) is 17.7 Å². The molecule has 7 nitrogen and oxygen atoms in total. The second kappa shape index (κ2) is 8.87. The van der Waals surface area contributed by atoms with Crippen molar-refractivity contribution in [1.82, 2.24) is 15.1 Å². The molecule has 3 rings (SSSR count). The normalized spacial score (nSPS) is 12.4. The van der Waals surface area contributed by atoms with Crippen LogP contribution < -0.4 is 5.32 Å². The number of halogens is 5. The number of nitrogens with one attached hydrogen (secondary N) is 1. The second-order valence-electron chi connectivity index (χ2n) is 6.63. The van der Waals surface area contributed by atoms with Crippen LogP contribution in [0.1, 0.15) is 34.1 Å². The highest BCUT2D eigenvalue weighted by atomic mass is 35.5. The van der Waals surface area contributed by atoms with Crippen LogP contribution in [0.15, 0.2) is 48.5 Å². The number of rotatable bonds is 6. The SMILES string of the molecule is O=C(O)CC(NC(=O)c1cc(O)n(-c2cccc(Cl)c2)n1)c1cc(F)ccc1C(F)(F)F. The van der Waals surface area contributed by atoms with Crippen LogP contribution >= 0.6 is 11.6 Å². The quantitative estimate of drug-likeness (QED) is 0.464. The second-order valence-corrected chi connectivity index (χ2v) is 7.07. The molecule has 0 bridgehead atoms. The Labute approximate surface area is 182 Å². The van der Waals surface area contributed by atoms with E-state index < -0.39 is 59.0 Å². The average molecular weight is 472 g/mol. The molecule has 1 unspecified atom stereocenters. The Hall–Kier alpha value is -3.60. The first kappa shape index (κ1) is 23.1. The third-order valence-corrected chi connectivity index (χ3v) is 4.59. The molecule has 1 amide bonds. The fraction of sp³-hybridized carbons (Fsp3) is 0.150. The fourth-order valence-electron chi connectivity index (χ4n) is 3.01. The molecule has 1 heterocycles. The number of carbonyl (C=O) groups is 2. The van der Waals surface area contributed by atoms with Gasteiger partial charge in [-0.2, -0.15) is 18.3 Å². The van der Waals surface area contributed by atoms with Gasteiger partial charge in [-0.3, -0.25) is 9.59 Å². The van der Waals surface area contributed by atoms with E-state index in [0.717, 1.165) is 10.7 Å². The smallest absolute Gasteiger partial charge is 0.416 e. The van der Waals surface area contributed by atoms with Crippen LogP contribution in [-0.2, 0) is 11.0 Å². The fourth-order valence-corrected chi connectivity index (χ4v) is 3.19. The van der Waals surface area contributed by atoms with Crippen molar-refractivity contribution in [1.29, 1.82) is 0 Å². The Morgan fingerprint density at radius 3 is 2.50 bits per heavy atom. The van der Waals surface area contributed by atoms with Gasteiger partial charge in [0.05, 0.1) is 23.7 Å². The Balaban J connectivity index is 1.96. The number of aliphatic carboxylic acids is 1. The molecule has 0 aliphatic heterocycles. The lowest BCUT2D eigenvalue weighted by molar-refractivity contribution is -0.140. The lowest BCUT2D eigenvalue weighted by Gasteiger charge is -2.21. The first-order chi connectivity index (χ1) is 15.0. The molecule has 3 N–H and O–H groups in total. The van der Waals surface area contributed by atoms with Gasteiger partial charge in [0.15, 0.2) is 5.69 Å². The van der Waals surface area contributed by atoms with Gasteiger partial charge in [0, 0.05) is 11.1 Å². The molecule has 0 fully saturated rings. The zero-order valence-electron chi connectivity index (χ0n) is 15.9. The van der Waals surface area contributed by atoms with Crippen molar-refractivity contribution >= 4 is 23.5 Å². The van der Waals surface area contributed by atoms with Crippen LogP contribution in [0.5, 0.6) is 5.88 Å². The zero-order chi connectivity index (χ0) is 23.6. The zero-order valence-corrected chi connectivity index (χ0v) is 16.7. The van der Waals surface area contributed by atoms with E-state index in [0.29, 0.717) is 28.9 Å². The van der Waals surface area contributed by atoms with Gasteiger partial charge in [-0.05, 0) is 42.0 Å². The van der Waals surface area contributed by atoms with E-state index >= 15 is 0 Å². The Morgan fingerprint density at radius 1 is 1.16 bits per heavy atom. The standard InChI is InChI=1S/C20H14ClF4N3O4/c21-10-2-1-3-12(6-10)28-17(29)8-16(27-28)19(32)26-15(9-18(30)31)13-7-11(22)4-5-14(13)20(23,24)25/h1-8,15,29H,9H2,(H,26,32)(H,30,31). The molecular formula is C20H14ClF4N3O4. The van der Waals surface area contributed by atoms with Crippen molar-refractivity contribution in [3.8, 4) is 11.6 Å². The minimum Gasteiger partial charge on any atom is -0.493 e. The van der Waals surface area contributed by atoms with E-state index in [1.807, 2.05) is 0 Å². The van der Waals surface area contributed by atoms with Gasteiger partial charge in [0.1, 0.15) is 5.82 Å². The van der Waals surface area contributed by atoms with Crippen molar-refractivity contribution in [3.63, 3.8) is 0 Å². The highest BCUT2D eigenvalue weighted by Crippen LogP contribution is 2.36. The number of nitrogens with zero attached hydrogens (tertiary/aromatic N) is 2. The first-order valence-electron chi connectivity index (χ1n) is 8.90. The summed E-state index contributed by atoms with van der Waals surface area (Å²) in [7, 11) is 0. The summed E-state index contributed by atoms with van der Waals surface area (Å²) < 4.78 is 54.8. The van der Waals surface area contributed by atoms with Crippen LogP contribution in [-0.4, -0.2) is 31.9 Å². The lowest BCUT2D eigenvalue weighted by atomic mass is 9.97. The molecule has 0 saturated heterocycles. The third kappa shape index (κ3) is 5.17. The molecular weight excluding hydrogens is 458 g/mol. The highest BCUT2D eigenvalue weighted by Gasteiger charge is 2.36. The summed E-state index contributed by atoms with van der Waals surface area (Å²) in [6.45, 7) is 0. The molecule has 1 aromatic heterocycles. The Bertz CT molecular complexity index is 1180. The number of hydrogen-bond donors (Lipinski definition) is 3. The molecule has 0 radical (unpaired) electrons. The predicted octanol–water partition coefficient (Wildman–Crippen LogP) is 4.34. The molecule has 32 heavy (non-hydrogen) atoms. The number of benzene rings is 2. The van der Waals surface area contributed by atoms with E-state index in [2.05, 4.69) is 10.4 Å². The molecule has 0 saturated carbocycles. The maximum atomic E-state index is 13.7. The van der Waals surface area contributed by atoms with Gasteiger partial charge in [-0.25, -0.2) is 9.07 Å². The number of carboxylic acid groups (broad SMARTS) is 1. The van der Waals surface area contributed by atoms with E-state index in [9.17, 15) is 32.3 Å². The van der Waals surface area contributed by atoms with Crippen LogP contribution in [0.3, 0.4) is 0 Å².